The van der Waals surface area contributed by atoms with E-state index in [9.17, 15) is 18.8 Å². The first kappa shape index (κ1) is 28.8. The first-order valence-electron chi connectivity index (χ1n) is 12.7. The average Bonchev–Trinajstić information content (AvgIpc) is 3.44. The maximum absolute atomic E-state index is 13.9. The summed E-state index contributed by atoms with van der Waals surface area (Å²) in [4.78, 5) is 42.6. The number of carbonyl (C=O) groups is 3. The molecule has 3 amide bonds. The Morgan fingerprint density at radius 2 is 1.78 bits per heavy atom. The molecule has 0 spiro atoms. The lowest BCUT2D eigenvalue weighted by molar-refractivity contribution is -0.135. The maximum Gasteiger partial charge on any atom is 0.323 e. The number of amides is 3. The molecule has 0 atom stereocenters. The number of nitrogens with zero attached hydrogens (tertiary/aromatic N) is 1. The molecule has 4 rings (SSSR count). The van der Waals surface area contributed by atoms with Crippen LogP contribution in [-0.4, -0.2) is 52.6 Å². The Labute approximate surface area is 235 Å². The van der Waals surface area contributed by atoms with Crippen LogP contribution in [0.25, 0.3) is 11.4 Å². The van der Waals surface area contributed by atoms with Crippen LogP contribution >= 0.6 is 0 Å². The second-order valence-corrected chi connectivity index (χ2v) is 9.05. The molecule has 2 aromatic carbocycles. The fourth-order valence-corrected chi connectivity index (χ4v) is 3.77. The van der Waals surface area contributed by atoms with Gasteiger partial charge in [0.25, 0.3) is 5.91 Å². The van der Waals surface area contributed by atoms with Gasteiger partial charge >= 0.3 is 12.0 Å². The minimum absolute atomic E-state index is 0.0910. The highest BCUT2D eigenvalue weighted by atomic mass is 19.1. The summed E-state index contributed by atoms with van der Waals surface area (Å²) in [5.74, 6) is -0.684. The second kappa shape index (κ2) is 13.7. The Kier molecular flexibility index (Phi) is 9.62. The third-order valence-electron chi connectivity index (χ3n) is 5.76. The van der Waals surface area contributed by atoms with E-state index in [0.717, 1.165) is 5.56 Å². The molecule has 2 aromatic heterocycles. The number of nitrogens with one attached hydrogen (secondary N) is 5. The minimum atomic E-state index is -0.928. The number of H-pyrrole nitrogens is 1. The molecule has 0 aliphatic heterocycles. The zero-order chi connectivity index (χ0) is 29.2. The van der Waals surface area contributed by atoms with Gasteiger partial charge in [0.1, 0.15) is 17.3 Å². The van der Waals surface area contributed by atoms with Gasteiger partial charge in [-0.3, -0.25) is 14.6 Å². The highest BCUT2D eigenvalue weighted by molar-refractivity contribution is 6.00. The number of halogens is 1. The standard InChI is InChI=1S/C29H29FN6O5/c1-18-3-8-23(30)24(13-18)36-29(40)35-20-4-6-21(7-5-20)41-22-9-12-32-26(15-22)25-14-19(16-34-25)28(39)33-11-2-10-31-17-27(37)38/h3-9,12-16,31,34H,2,10-11,17H2,1H3,(H,33,39)(H,37,38)(H2,35,36,40). The molecule has 212 valence electrons. The van der Waals surface area contributed by atoms with Crippen LogP contribution in [0.1, 0.15) is 22.3 Å². The quantitative estimate of drug-likeness (QED) is 0.136. The molecular formula is C29H29FN6O5. The van der Waals surface area contributed by atoms with E-state index in [1.165, 1.54) is 6.07 Å². The molecule has 0 aliphatic rings. The van der Waals surface area contributed by atoms with Crippen molar-refractivity contribution in [1.29, 1.82) is 0 Å². The molecule has 12 heteroatoms. The number of rotatable bonds is 12. The van der Waals surface area contributed by atoms with Crippen molar-refractivity contribution >= 4 is 29.3 Å². The van der Waals surface area contributed by atoms with Crippen molar-refractivity contribution in [3.8, 4) is 22.9 Å². The van der Waals surface area contributed by atoms with Crippen LogP contribution in [0, 0.1) is 12.7 Å². The molecule has 0 saturated carbocycles. The van der Waals surface area contributed by atoms with Gasteiger partial charge in [-0.1, -0.05) is 6.07 Å². The smallest absolute Gasteiger partial charge is 0.323 e. The number of carboxylic acids is 1. The number of hydrogen-bond acceptors (Lipinski definition) is 6. The summed E-state index contributed by atoms with van der Waals surface area (Å²) in [6, 6.07) is 15.6. The van der Waals surface area contributed by atoms with Crippen LogP contribution in [0.4, 0.5) is 20.6 Å². The molecule has 0 unspecified atom stereocenters. The maximum atomic E-state index is 13.9. The molecule has 0 bridgehead atoms. The van der Waals surface area contributed by atoms with Crippen LogP contribution in [0.5, 0.6) is 11.5 Å². The van der Waals surface area contributed by atoms with E-state index in [1.807, 2.05) is 0 Å². The Bertz CT molecular complexity index is 1520. The van der Waals surface area contributed by atoms with Crippen molar-refractivity contribution in [2.75, 3.05) is 30.3 Å². The third kappa shape index (κ3) is 8.63. The van der Waals surface area contributed by atoms with Crippen molar-refractivity contribution in [2.24, 2.45) is 0 Å². The molecule has 2 heterocycles. The SMILES string of the molecule is Cc1ccc(F)c(NC(=O)Nc2ccc(Oc3ccnc(-c4cc(C(=O)NCCCNCC(=O)O)c[nH]4)c3)cc2)c1. The Hall–Kier alpha value is -5.23. The number of hydrogen-bond donors (Lipinski definition) is 6. The van der Waals surface area contributed by atoms with Crippen LogP contribution in [0.15, 0.2) is 73.1 Å². The van der Waals surface area contributed by atoms with E-state index in [0.29, 0.717) is 53.6 Å². The predicted octanol–water partition coefficient (Wildman–Crippen LogP) is 4.75. The van der Waals surface area contributed by atoms with E-state index in [2.05, 4.69) is 31.2 Å². The summed E-state index contributed by atoms with van der Waals surface area (Å²) in [6.45, 7) is 2.56. The zero-order valence-electron chi connectivity index (χ0n) is 22.2. The van der Waals surface area contributed by atoms with E-state index in [1.54, 1.807) is 73.9 Å². The second-order valence-electron chi connectivity index (χ2n) is 9.05. The van der Waals surface area contributed by atoms with E-state index in [4.69, 9.17) is 9.84 Å². The number of carbonyl (C=O) groups excluding carboxylic acids is 2. The van der Waals surface area contributed by atoms with E-state index < -0.39 is 17.8 Å². The molecule has 11 nitrogen and oxygen atoms in total. The molecule has 0 radical (unpaired) electrons. The lowest BCUT2D eigenvalue weighted by Gasteiger charge is -2.10. The fraction of sp³-hybridized carbons (Fsp3) is 0.172. The molecular weight excluding hydrogens is 531 g/mol. The summed E-state index contributed by atoms with van der Waals surface area (Å²) in [6.07, 6.45) is 3.76. The Morgan fingerprint density at radius 3 is 2.56 bits per heavy atom. The number of anilines is 2. The lowest BCUT2D eigenvalue weighted by atomic mass is 10.2. The third-order valence-corrected chi connectivity index (χ3v) is 5.76. The van der Waals surface area contributed by atoms with Gasteiger partial charge in [-0.25, -0.2) is 9.18 Å². The van der Waals surface area contributed by atoms with Crippen molar-refractivity contribution in [3.63, 3.8) is 0 Å². The first-order chi connectivity index (χ1) is 19.8. The van der Waals surface area contributed by atoms with Crippen molar-refractivity contribution in [2.45, 2.75) is 13.3 Å². The summed E-state index contributed by atoms with van der Waals surface area (Å²) in [7, 11) is 0. The molecule has 4 aromatic rings. The molecule has 0 fully saturated rings. The van der Waals surface area contributed by atoms with Gasteiger partial charge in [0.15, 0.2) is 0 Å². The molecule has 0 aliphatic carbocycles. The van der Waals surface area contributed by atoms with Crippen LogP contribution in [0.3, 0.4) is 0 Å². The summed E-state index contributed by atoms with van der Waals surface area (Å²) in [5.41, 5.74) is 3.03. The largest absolute Gasteiger partial charge is 0.480 e. The molecule has 6 N–H and O–H groups in total. The number of carboxylic acid groups (broad SMARTS) is 1. The van der Waals surface area contributed by atoms with Gasteiger partial charge in [0.05, 0.1) is 29.2 Å². The predicted molar refractivity (Wildman–Crippen MR) is 152 cm³/mol. The van der Waals surface area contributed by atoms with Crippen molar-refractivity contribution in [1.82, 2.24) is 20.6 Å². The van der Waals surface area contributed by atoms with E-state index >= 15 is 0 Å². The van der Waals surface area contributed by atoms with Gasteiger partial charge in [-0.05, 0) is 74.0 Å². The van der Waals surface area contributed by atoms with Gasteiger partial charge in [0, 0.05) is 30.7 Å². The topological polar surface area (TPSA) is 157 Å². The number of aromatic nitrogens is 2. The molecule has 41 heavy (non-hydrogen) atoms. The Morgan fingerprint density at radius 1 is 0.976 bits per heavy atom. The number of pyridine rings is 1. The first-order valence-corrected chi connectivity index (χ1v) is 12.7. The average molecular weight is 561 g/mol. The summed E-state index contributed by atoms with van der Waals surface area (Å²) in [5, 5.41) is 19.3. The lowest BCUT2D eigenvalue weighted by Crippen LogP contribution is -2.29. The fourth-order valence-electron chi connectivity index (χ4n) is 3.77. The van der Waals surface area contributed by atoms with Crippen LogP contribution < -0.4 is 26.0 Å². The highest BCUT2D eigenvalue weighted by Gasteiger charge is 2.12. The number of aryl methyl sites for hydroxylation is 1. The monoisotopic (exact) mass is 560 g/mol. The van der Waals surface area contributed by atoms with Crippen molar-refractivity contribution < 1.29 is 28.6 Å². The number of aliphatic carboxylic acids is 1. The molecule has 0 saturated heterocycles. The van der Waals surface area contributed by atoms with E-state index in [-0.39, 0.29) is 18.1 Å². The zero-order valence-corrected chi connectivity index (χ0v) is 22.2. The minimum Gasteiger partial charge on any atom is -0.480 e. The number of benzene rings is 2. The summed E-state index contributed by atoms with van der Waals surface area (Å²) < 4.78 is 19.8. The van der Waals surface area contributed by atoms with Gasteiger partial charge in [-0.2, -0.15) is 0 Å². The van der Waals surface area contributed by atoms with Gasteiger partial charge < -0.3 is 36.1 Å². The number of ether oxygens (including phenoxy) is 1. The number of aromatic amines is 1. The summed E-state index contributed by atoms with van der Waals surface area (Å²) >= 11 is 0. The van der Waals surface area contributed by atoms with Gasteiger partial charge in [-0.15, -0.1) is 0 Å². The van der Waals surface area contributed by atoms with Gasteiger partial charge in [0.2, 0.25) is 0 Å². The highest BCUT2D eigenvalue weighted by Crippen LogP contribution is 2.27. The van der Waals surface area contributed by atoms with Crippen LogP contribution in [-0.2, 0) is 4.79 Å². The van der Waals surface area contributed by atoms with Crippen molar-refractivity contribution in [3.05, 3.63) is 90.0 Å². The van der Waals surface area contributed by atoms with Crippen LogP contribution in [0.2, 0.25) is 0 Å². The normalized spacial score (nSPS) is 10.6. The Balaban J connectivity index is 1.29. The number of urea groups is 1.